The highest BCUT2D eigenvalue weighted by atomic mass is 79.9. The van der Waals surface area contributed by atoms with Gasteiger partial charge >= 0.3 is 5.97 Å². The minimum atomic E-state index is -0.590. The van der Waals surface area contributed by atoms with E-state index in [1.807, 2.05) is 18.4 Å². The first-order chi connectivity index (χ1) is 8.58. The van der Waals surface area contributed by atoms with Crippen LogP contribution < -0.4 is 0 Å². The van der Waals surface area contributed by atoms with E-state index in [-0.39, 0.29) is 5.69 Å². The van der Waals surface area contributed by atoms with Crippen LogP contribution in [0.3, 0.4) is 0 Å². The van der Waals surface area contributed by atoms with Crippen LogP contribution in [0.2, 0.25) is 0 Å². The van der Waals surface area contributed by atoms with Crippen molar-refractivity contribution in [3.8, 4) is 0 Å². The number of rotatable bonds is 3. The number of thiophene rings is 1. The van der Waals surface area contributed by atoms with Crippen LogP contribution >= 0.6 is 27.3 Å². The molecule has 2 rings (SSSR count). The molecule has 18 heavy (non-hydrogen) atoms. The summed E-state index contributed by atoms with van der Waals surface area (Å²) in [5.41, 5.74) is 1.30. The Morgan fingerprint density at radius 1 is 1.67 bits per heavy atom. The van der Waals surface area contributed by atoms with Gasteiger partial charge in [-0.15, -0.1) is 11.3 Å². The fourth-order valence-corrected chi connectivity index (χ4v) is 2.59. The van der Waals surface area contributed by atoms with Crippen LogP contribution in [0.4, 0.5) is 0 Å². The van der Waals surface area contributed by atoms with E-state index in [0.29, 0.717) is 4.47 Å². The molecule has 0 aliphatic heterocycles. The first kappa shape index (κ1) is 13.0. The molecule has 0 unspecified atom stereocenters. The lowest BCUT2D eigenvalue weighted by Gasteiger charge is -1.94. The molecule has 0 N–H and O–H groups in total. The fraction of sp³-hybridized carbons (Fsp3) is 0.182. The van der Waals surface area contributed by atoms with Gasteiger partial charge in [-0.05, 0) is 39.9 Å². The molecule has 0 saturated heterocycles. The number of aryl methyl sites for hydroxylation is 2. The maximum atomic E-state index is 11.7. The number of hydrogen-bond donors (Lipinski definition) is 0. The first-order valence-electron chi connectivity index (χ1n) is 5.06. The molecule has 0 spiro atoms. The maximum Gasteiger partial charge on any atom is 0.386 e. The quantitative estimate of drug-likeness (QED) is 0.495. The Bertz CT molecular complexity index is 603. The first-order valence-corrected chi connectivity index (χ1v) is 6.73. The van der Waals surface area contributed by atoms with Gasteiger partial charge in [-0.2, -0.15) is 5.10 Å². The highest BCUT2D eigenvalue weighted by molar-refractivity contribution is 9.10. The Hall–Kier alpha value is -1.47. The van der Waals surface area contributed by atoms with Crippen LogP contribution in [0.15, 0.2) is 27.3 Å². The van der Waals surface area contributed by atoms with E-state index in [1.165, 1.54) is 22.2 Å². The monoisotopic (exact) mass is 327 g/mol. The second kappa shape index (κ2) is 5.45. The summed E-state index contributed by atoms with van der Waals surface area (Å²) in [4.78, 5) is 17.4. The van der Waals surface area contributed by atoms with Crippen molar-refractivity contribution in [2.24, 2.45) is 12.2 Å². The predicted octanol–water partition coefficient (Wildman–Crippen LogP) is 2.74. The molecule has 2 aromatic rings. The zero-order valence-electron chi connectivity index (χ0n) is 9.75. The molecular weight excluding hydrogens is 318 g/mol. The Kier molecular flexibility index (Phi) is 3.93. The van der Waals surface area contributed by atoms with Gasteiger partial charge in [0.05, 0.1) is 15.6 Å². The van der Waals surface area contributed by atoms with Crippen LogP contribution in [0.25, 0.3) is 0 Å². The van der Waals surface area contributed by atoms with Crippen molar-refractivity contribution < 1.29 is 9.63 Å². The minimum absolute atomic E-state index is 0.206. The van der Waals surface area contributed by atoms with Gasteiger partial charge in [0.2, 0.25) is 0 Å². The molecule has 0 fully saturated rings. The van der Waals surface area contributed by atoms with Crippen molar-refractivity contribution >= 4 is 39.5 Å². The van der Waals surface area contributed by atoms with Gasteiger partial charge in [0.25, 0.3) is 0 Å². The third kappa shape index (κ3) is 2.85. The Morgan fingerprint density at radius 2 is 2.44 bits per heavy atom. The zero-order valence-corrected chi connectivity index (χ0v) is 12.2. The van der Waals surface area contributed by atoms with Gasteiger partial charge < -0.3 is 4.84 Å². The van der Waals surface area contributed by atoms with Crippen LogP contribution in [0, 0.1) is 6.92 Å². The standard InChI is InChI=1S/C11H10BrN3O2S/c1-7-3-4-18-9(7)5-13-17-11(16)10-8(12)6-15(2)14-10/h3-6H,1-2H3/b13-5-. The number of hydrogen-bond acceptors (Lipinski definition) is 5. The Morgan fingerprint density at radius 3 is 3.00 bits per heavy atom. The van der Waals surface area contributed by atoms with Gasteiger partial charge in [0, 0.05) is 13.2 Å². The summed E-state index contributed by atoms with van der Waals surface area (Å²) in [5, 5.41) is 9.59. The molecular formula is C11H10BrN3O2S. The Balaban J connectivity index is 2.03. The Labute approximate surface area is 116 Å². The molecule has 94 valence electrons. The van der Waals surface area contributed by atoms with E-state index >= 15 is 0 Å². The molecule has 2 heterocycles. The lowest BCUT2D eigenvalue weighted by Crippen LogP contribution is -2.03. The number of nitrogens with zero attached hydrogens (tertiary/aromatic N) is 3. The average molecular weight is 328 g/mol. The molecule has 0 aromatic carbocycles. The molecule has 2 aromatic heterocycles. The summed E-state index contributed by atoms with van der Waals surface area (Å²) < 4.78 is 2.10. The van der Waals surface area contributed by atoms with Gasteiger partial charge in [-0.3, -0.25) is 4.68 Å². The number of oxime groups is 1. The molecule has 0 aliphatic carbocycles. The summed E-state index contributed by atoms with van der Waals surface area (Å²) >= 11 is 4.76. The smallest absolute Gasteiger partial charge is 0.311 e. The lowest BCUT2D eigenvalue weighted by molar-refractivity contribution is 0.0510. The number of carbonyl (C=O) groups excluding carboxylic acids is 1. The van der Waals surface area contributed by atoms with Crippen molar-refractivity contribution in [3.05, 3.63) is 38.3 Å². The highest BCUT2D eigenvalue weighted by Crippen LogP contribution is 2.16. The van der Waals surface area contributed by atoms with Crippen molar-refractivity contribution in [2.45, 2.75) is 6.92 Å². The molecule has 0 aliphatic rings. The van der Waals surface area contributed by atoms with Gasteiger partial charge in [0.1, 0.15) is 0 Å². The van der Waals surface area contributed by atoms with E-state index in [1.54, 1.807) is 13.2 Å². The van der Waals surface area contributed by atoms with E-state index in [9.17, 15) is 4.79 Å². The largest absolute Gasteiger partial charge is 0.386 e. The molecule has 7 heteroatoms. The molecule has 5 nitrogen and oxygen atoms in total. The zero-order chi connectivity index (χ0) is 13.1. The summed E-state index contributed by atoms with van der Waals surface area (Å²) in [6.07, 6.45) is 3.19. The second-order valence-corrected chi connectivity index (χ2v) is 5.38. The van der Waals surface area contributed by atoms with Crippen molar-refractivity contribution in [1.82, 2.24) is 9.78 Å². The molecule has 0 atom stereocenters. The van der Waals surface area contributed by atoms with E-state index < -0.39 is 5.97 Å². The highest BCUT2D eigenvalue weighted by Gasteiger charge is 2.15. The van der Waals surface area contributed by atoms with Crippen molar-refractivity contribution in [1.29, 1.82) is 0 Å². The molecule has 0 bridgehead atoms. The summed E-state index contributed by atoms with van der Waals surface area (Å²) in [6.45, 7) is 1.97. The van der Waals surface area contributed by atoms with Crippen LogP contribution in [0.5, 0.6) is 0 Å². The van der Waals surface area contributed by atoms with Gasteiger partial charge in [0.15, 0.2) is 5.69 Å². The van der Waals surface area contributed by atoms with Crippen LogP contribution in [-0.2, 0) is 11.9 Å². The average Bonchev–Trinajstić information content (AvgIpc) is 2.85. The molecule has 0 saturated carbocycles. The predicted molar refractivity (Wildman–Crippen MR) is 73.0 cm³/mol. The third-order valence-electron chi connectivity index (χ3n) is 2.18. The topological polar surface area (TPSA) is 56.5 Å². The molecule has 0 amide bonds. The number of carbonyl (C=O) groups is 1. The minimum Gasteiger partial charge on any atom is -0.311 e. The van der Waals surface area contributed by atoms with Crippen molar-refractivity contribution in [3.63, 3.8) is 0 Å². The SMILES string of the molecule is Cc1ccsc1/C=N\OC(=O)c1nn(C)cc1Br. The lowest BCUT2D eigenvalue weighted by atomic mass is 10.3. The van der Waals surface area contributed by atoms with Gasteiger partial charge in [-0.1, -0.05) is 5.16 Å². The molecule has 0 radical (unpaired) electrons. The normalized spacial score (nSPS) is 11.1. The van der Waals surface area contributed by atoms with Gasteiger partial charge in [-0.25, -0.2) is 4.79 Å². The summed E-state index contributed by atoms with van der Waals surface area (Å²) in [5.74, 6) is -0.590. The van der Waals surface area contributed by atoms with Crippen LogP contribution in [0.1, 0.15) is 20.9 Å². The third-order valence-corrected chi connectivity index (χ3v) is 3.72. The fourth-order valence-electron chi connectivity index (χ4n) is 1.28. The second-order valence-electron chi connectivity index (χ2n) is 3.58. The van der Waals surface area contributed by atoms with Crippen molar-refractivity contribution in [2.75, 3.05) is 0 Å². The summed E-state index contributed by atoms with van der Waals surface area (Å²) in [7, 11) is 1.72. The van der Waals surface area contributed by atoms with E-state index in [4.69, 9.17) is 4.84 Å². The van der Waals surface area contributed by atoms with E-state index in [2.05, 4.69) is 26.2 Å². The number of aromatic nitrogens is 2. The van der Waals surface area contributed by atoms with Crippen LogP contribution in [-0.4, -0.2) is 22.0 Å². The summed E-state index contributed by atoms with van der Waals surface area (Å²) in [6, 6.07) is 1.98. The number of halogens is 1. The van der Waals surface area contributed by atoms with E-state index in [0.717, 1.165) is 10.4 Å². The maximum absolute atomic E-state index is 11.7.